The molecule has 0 rings (SSSR count). The summed E-state index contributed by atoms with van der Waals surface area (Å²) in [5.41, 5.74) is 0.658. The van der Waals surface area contributed by atoms with Crippen molar-refractivity contribution < 1.29 is 24.5 Å². The van der Waals surface area contributed by atoms with Gasteiger partial charge in [-0.2, -0.15) is 0 Å². The summed E-state index contributed by atoms with van der Waals surface area (Å²) in [5, 5.41) is 17.2. The van der Waals surface area contributed by atoms with E-state index in [0.29, 0.717) is 5.57 Å². The van der Waals surface area contributed by atoms with Crippen LogP contribution in [-0.2, 0) is 14.3 Å². The smallest absolute Gasteiger partial charge is 0.333 e. The lowest BCUT2D eigenvalue weighted by molar-refractivity contribution is -0.133. The molecule has 0 heterocycles. The van der Waals surface area contributed by atoms with E-state index in [1.54, 1.807) is 13.8 Å². The van der Waals surface area contributed by atoms with Crippen LogP contribution in [0.3, 0.4) is 0 Å². The zero-order valence-electron chi connectivity index (χ0n) is 8.74. The molecule has 0 aliphatic heterocycles. The quantitative estimate of drug-likeness (QED) is 0.646. The predicted molar refractivity (Wildman–Crippen MR) is 53.6 cm³/mol. The first kappa shape index (κ1) is 13.4. The molecule has 5 heteroatoms. The van der Waals surface area contributed by atoms with Crippen molar-refractivity contribution >= 4 is 11.9 Å². The normalized spacial score (nSPS) is 9.47. The van der Waals surface area contributed by atoms with Crippen molar-refractivity contribution in [1.29, 1.82) is 0 Å². The molecule has 2 N–H and O–H groups in total. The highest BCUT2D eigenvalue weighted by atomic mass is 16.5. The van der Waals surface area contributed by atoms with E-state index in [1.807, 2.05) is 0 Å². The fourth-order valence-corrected chi connectivity index (χ4v) is 0.758. The van der Waals surface area contributed by atoms with E-state index in [-0.39, 0.29) is 24.4 Å². The molecule has 0 spiro atoms. The first-order valence-electron chi connectivity index (χ1n) is 4.24. The highest BCUT2D eigenvalue weighted by Gasteiger charge is 2.10. The molecule has 15 heavy (non-hydrogen) atoms. The molecule has 0 aliphatic rings. The summed E-state index contributed by atoms with van der Waals surface area (Å²) in [6.07, 6.45) is 0. The van der Waals surface area contributed by atoms with E-state index in [2.05, 4.69) is 6.58 Å². The highest BCUT2D eigenvalue weighted by Crippen LogP contribution is 2.05. The Bertz CT molecular complexity index is 310. The second-order valence-electron chi connectivity index (χ2n) is 3.19. The fourth-order valence-electron chi connectivity index (χ4n) is 0.758. The third-order valence-electron chi connectivity index (χ3n) is 1.69. The number of carbonyl (C=O) groups is 2. The molecule has 0 aromatic carbocycles. The summed E-state index contributed by atoms with van der Waals surface area (Å²) in [6.45, 7) is 6.25. The third kappa shape index (κ3) is 4.97. The van der Waals surface area contributed by atoms with Gasteiger partial charge < -0.3 is 14.9 Å². The van der Waals surface area contributed by atoms with Crippen LogP contribution in [0.15, 0.2) is 23.3 Å². The van der Waals surface area contributed by atoms with Gasteiger partial charge in [-0.3, -0.25) is 0 Å². The fraction of sp³-hybridized carbons (Fsp3) is 0.400. The second-order valence-corrected chi connectivity index (χ2v) is 3.19. The van der Waals surface area contributed by atoms with E-state index in [4.69, 9.17) is 14.9 Å². The molecule has 0 atom stereocenters. The van der Waals surface area contributed by atoms with Crippen LogP contribution in [0, 0.1) is 0 Å². The molecule has 0 saturated carbocycles. The maximum atomic E-state index is 10.7. The van der Waals surface area contributed by atoms with Crippen molar-refractivity contribution in [3.8, 4) is 0 Å². The highest BCUT2D eigenvalue weighted by molar-refractivity contribution is 5.88. The molecule has 0 aromatic heterocycles. The lowest BCUT2D eigenvalue weighted by Crippen LogP contribution is -2.13. The Hall–Kier alpha value is -1.62. The van der Waals surface area contributed by atoms with Crippen LogP contribution in [0.5, 0.6) is 0 Å². The van der Waals surface area contributed by atoms with Gasteiger partial charge in [-0.05, 0) is 13.8 Å². The Morgan fingerprint density at radius 3 is 2.00 bits per heavy atom. The summed E-state index contributed by atoms with van der Waals surface area (Å²) < 4.78 is 4.92. The summed E-state index contributed by atoms with van der Waals surface area (Å²) >= 11 is 0. The third-order valence-corrected chi connectivity index (χ3v) is 1.69. The van der Waals surface area contributed by atoms with E-state index in [1.165, 1.54) is 0 Å². The summed E-state index contributed by atoms with van der Waals surface area (Å²) in [6, 6.07) is 0. The van der Waals surface area contributed by atoms with E-state index in [9.17, 15) is 9.59 Å². The standard InChI is InChI=1S/C10H14O5/c1-6(2)8(10(13)14)5-15-4-7(3)9(11)12/h3-5H2,1-2H3,(H,11,12)(H,13,14). The molecule has 0 aliphatic carbocycles. The Morgan fingerprint density at radius 1 is 1.13 bits per heavy atom. The van der Waals surface area contributed by atoms with Crippen LogP contribution in [0.2, 0.25) is 0 Å². The van der Waals surface area contributed by atoms with Gasteiger partial charge in [0.1, 0.15) is 0 Å². The minimum absolute atomic E-state index is 0.103. The second kappa shape index (κ2) is 5.98. The minimum Gasteiger partial charge on any atom is -0.478 e. The Balaban J connectivity index is 4.16. The lowest BCUT2D eigenvalue weighted by Gasteiger charge is -2.06. The number of aliphatic carboxylic acids is 2. The number of ether oxygens (including phenoxy) is 1. The van der Waals surface area contributed by atoms with Crippen molar-refractivity contribution in [2.75, 3.05) is 13.2 Å². The molecule has 0 bridgehead atoms. The van der Waals surface area contributed by atoms with E-state index >= 15 is 0 Å². The van der Waals surface area contributed by atoms with Crippen molar-refractivity contribution in [3.63, 3.8) is 0 Å². The molecular formula is C10H14O5. The van der Waals surface area contributed by atoms with Crippen LogP contribution < -0.4 is 0 Å². The molecule has 84 valence electrons. The molecular weight excluding hydrogens is 200 g/mol. The number of hydrogen-bond acceptors (Lipinski definition) is 3. The number of carboxylic acid groups (broad SMARTS) is 2. The van der Waals surface area contributed by atoms with Gasteiger partial charge in [0.2, 0.25) is 0 Å². The predicted octanol–water partition coefficient (Wildman–Crippen LogP) is 1.06. The van der Waals surface area contributed by atoms with Crippen molar-refractivity contribution in [1.82, 2.24) is 0 Å². The van der Waals surface area contributed by atoms with Crippen LogP contribution in [-0.4, -0.2) is 35.4 Å². The van der Waals surface area contributed by atoms with Gasteiger partial charge in [0.25, 0.3) is 0 Å². The number of allylic oxidation sites excluding steroid dienone is 1. The van der Waals surface area contributed by atoms with Gasteiger partial charge in [-0.1, -0.05) is 12.2 Å². The molecule has 0 aromatic rings. The van der Waals surface area contributed by atoms with Gasteiger partial charge in [0, 0.05) is 0 Å². The first-order valence-corrected chi connectivity index (χ1v) is 4.24. The lowest BCUT2D eigenvalue weighted by atomic mass is 10.1. The molecule has 0 fully saturated rings. The van der Waals surface area contributed by atoms with Gasteiger partial charge in [-0.15, -0.1) is 0 Å². The summed E-state index contributed by atoms with van der Waals surface area (Å²) in [4.78, 5) is 21.0. The van der Waals surface area contributed by atoms with Gasteiger partial charge in [-0.25, -0.2) is 9.59 Å². The zero-order chi connectivity index (χ0) is 12.0. The van der Waals surface area contributed by atoms with E-state index in [0.717, 1.165) is 0 Å². The molecule has 0 amide bonds. The Morgan fingerprint density at radius 2 is 1.67 bits per heavy atom. The van der Waals surface area contributed by atoms with Gasteiger partial charge >= 0.3 is 11.9 Å². The average molecular weight is 214 g/mol. The van der Waals surface area contributed by atoms with Gasteiger partial charge in [0.05, 0.1) is 24.4 Å². The monoisotopic (exact) mass is 214 g/mol. The SMILES string of the molecule is C=C(COCC(C(=O)O)=C(C)C)C(=O)O. The van der Waals surface area contributed by atoms with Crippen molar-refractivity contribution in [2.24, 2.45) is 0 Å². The van der Waals surface area contributed by atoms with E-state index < -0.39 is 11.9 Å². The first-order chi connectivity index (χ1) is 6.86. The number of hydrogen-bond donors (Lipinski definition) is 2. The van der Waals surface area contributed by atoms with Crippen LogP contribution in [0.4, 0.5) is 0 Å². The molecule has 0 radical (unpaired) electrons. The average Bonchev–Trinajstić information content (AvgIpc) is 2.10. The van der Waals surface area contributed by atoms with Gasteiger partial charge in [0.15, 0.2) is 0 Å². The van der Waals surface area contributed by atoms with Crippen LogP contribution >= 0.6 is 0 Å². The molecule has 0 unspecified atom stereocenters. The molecule has 0 saturated heterocycles. The minimum atomic E-state index is -1.15. The maximum absolute atomic E-state index is 10.7. The maximum Gasteiger partial charge on any atom is 0.333 e. The topological polar surface area (TPSA) is 83.8 Å². The van der Waals surface area contributed by atoms with Crippen molar-refractivity contribution in [2.45, 2.75) is 13.8 Å². The van der Waals surface area contributed by atoms with Crippen LogP contribution in [0.25, 0.3) is 0 Å². The number of carboxylic acids is 2. The Labute approximate surface area is 87.7 Å². The number of rotatable bonds is 6. The summed E-state index contributed by atoms with van der Waals surface area (Å²) in [5.74, 6) is -2.21. The summed E-state index contributed by atoms with van der Waals surface area (Å²) in [7, 11) is 0. The Kier molecular flexibility index (Phi) is 5.33. The largest absolute Gasteiger partial charge is 0.478 e. The van der Waals surface area contributed by atoms with Crippen LogP contribution in [0.1, 0.15) is 13.8 Å². The van der Waals surface area contributed by atoms with Crippen molar-refractivity contribution in [3.05, 3.63) is 23.3 Å². The molecule has 5 nitrogen and oxygen atoms in total. The zero-order valence-corrected chi connectivity index (χ0v) is 8.74.